The average molecular weight is 258 g/mol. The molecule has 0 aromatic heterocycles. The molecule has 0 radical (unpaired) electrons. The Labute approximate surface area is 115 Å². The number of piperidine rings is 1. The summed E-state index contributed by atoms with van der Waals surface area (Å²) >= 11 is 0. The van der Waals surface area contributed by atoms with E-state index in [0.29, 0.717) is 12.1 Å². The first kappa shape index (κ1) is 12.7. The van der Waals surface area contributed by atoms with Crippen molar-refractivity contribution in [3.63, 3.8) is 0 Å². The summed E-state index contributed by atoms with van der Waals surface area (Å²) in [6.45, 7) is 3.49. The lowest BCUT2D eigenvalue weighted by molar-refractivity contribution is -0.129. The molecule has 1 fully saturated rings. The van der Waals surface area contributed by atoms with Gasteiger partial charge in [-0.25, -0.2) is 0 Å². The monoisotopic (exact) mass is 258 g/mol. The van der Waals surface area contributed by atoms with Crippen molar-refractivity contribution < 1.29 is 4.79 Å². The van der Waals surface area contributed by atoms with Crippen LogP contribution in [0.4, 0.5) is 0 Å². The largest absolute Gasteiger partial charge is 0.343 e. The number of fused-ring (bicyclic) bond motifs is 1. The number of rotatable bonds is 2. The van der Waals surface area contributed by atoms with E-state index in [1.807, 2.05) is 4.90 Å². The Hall–Kier alpha value is -1.35. The lowest BCUT2D eigenvalue weighted by Gasteiger charge is -2.33. The summed E-state index contributed by atoms with van der Waals surface area (Å²) in [5.41, 5.74) is 3.00. The third-order valence-corrected chi connectivity index (χ3v) is 4.46. The second-order valence-electron chi connectivity index (χ2n) is 5.82. The Balaban J connectivity index is 1.51. The van der Waals surface area contributed by atoms with E-state index < -0.39 is 0 Å². The summed E-state index contributed by atoms with van der Waals surface area (Å²) in [5, 5.41) is 3.79. The summed E-state index contributed by atoms with van der Waals surface area (Å²) in [4.78, 5) is 13.3. The van der Waals surface area contributed by atoms with Gasteiger partial charge in [0, 0.05) is 32.1 Å². The third-order valence-electron chi connectivity index (χ3n) is 4.46. The molecule has 0 saturated carbocycles. The predicted molar refractivity (Wildman–Crippen MR) is 76.0 cm³/mol. The first-order valence-electron chi connectivity index (χ1n) is 7.30. The number of carbonyl (C=O) groups is 1. The first-order valence-corrected chi connectivity index (χ1v) is 7.30. The van der Waals surface area contributed by atoms with Crippen molar-refractivity contribution in [3.8, 4) is 0 Å². The van der Waals surface area contributed by atoms with E-state index >= 15 is 0 Å². The Bertz CT molecular complexity index is 439. The summed E-state index contributed by atoms with van der Waals surface area (Å²) < 4.78 is 0. The van der Waals surface area contributed by atoms with Gasteiger partial charge in [-0.3, -0.25) is 4.79 Å². The van der Waals surface area contributed by atoms with Gasteiger partial charge in [0.05, 0.1) is 0 Å². The van der Waals surface area contributed by atoms with E-state index in [-0.39, 0.29) is 5.91 Å². The summed E-state index contributed by atoms with van der Waals surface area (Å²) in [7, 11) is 0. The van der Waals surface area contributed by atoms with Gasteiger partial charge in [-0.2, -0.15) is 0 Å². The molecule has 0 unspecified atom stereocenters. The maximum Gasteiger partial charge on any atom is 0.219 e. The Morgan fingerprint density at radius 1 is 1.11 bits per heavy atom. The molecule has 1 N–H and O–H groups in total. The van der Waals surface area contributed by atoms with Gasteiger partial charge in [0.2, 0.25) is 5.91 Å². The minimum absolute atomic E-state index is 0.215. The molecular formula is C16H22N2O. The van der Waals surface area contributed by atoms with Crippen LogP contribution in [0.5, 0.6) is 0 Å². The maximum absolute atomic E-state index is 11.3. The van der Waals surface area contributed by atoms with E-state index in [1.54, 1.807) is 6.92 Å². The van der Waals surface area contributed by atoms with Crippen LogP contribution in [0.3, 0.4) is 0 Å². The summed E-state index contributed by atoms with van der Waals surface area (Å²) in [5.74, 6) is 0.215. The van der Waals surface area contributed by atoms with Crippen LogP contribution >= 0.6 is 0 Å². The third kappa shape index (κ3) is 2.81. The van der Waals surface area contributed by atoms with Crippen molar-refractivity contribution in [2.24, 2.45) is 0 Å². The molecule has 0 atom stereocenters. The number of benzene rings is 1. The Morgan fingerprint density at radius 3 is 2.21 bits per heavy atom. The van der Waals surface area contributed by atoms with Gasteiger partial charge in [0.25, 0.3) is 0 Å². The fourth-order valence-electron chi connectivity index (χ4n) is 3.37. The van der Waals surface area contributed by atoms with Crippen LogP contribution in [0.15, 0.2) is 24.3 Å². The summed E-state index contributed by atoms with van der Waals surface area (Å²) in [6, 6.07) is 9.92. The van der Waals surface area contributed by atoms with Crippen LogP contribution in [-0.4, -0.2) is 36.0 Å². The minimum Gasteiger partial charge on any atom is -0.343 e. The van der Waals surface area contributed by atoms with E-state index in [1.165, 1.54) is 11.1 Å². The molecule has 1 aromatic carbocycles. The standard InChI is InChI=1S/C16H22N2O/c1-12(19)18-8-6-15(7-9-18)17-16-10-13-4-2-3-5-14(13)11-16/h2-5,15-17H,6-11H2,1H3. The number of likely N-dealkylation sites (tertiary alicyclic amines) is 1. The number of hydrogen-bond donors (Lipinski definition) is 1. The van der Waals surface area contributed by atoms with Gasteiger partial charge in [-0.05, 0) is 36.8 Å². The molecule has 3 nitrogen and oxygen atoms in total. The molecular weight excluding hydrogens is 236 g/mol. The van der Waals surface area contributed by atoms with Crippen molar-refractivity contribution >= 4 is 5.91 Å². The van der Waals surface area contributed by atoms with Gasteiger partial charge < -0.3 is 10.2 Å². The number of carbonyl (C=O) groups excluding carboxylic acids is 1. The van der Waals surface area contributed by atoms with E-state index in [0.717, 1.165) is 38.8 Å². The number of nitrogens with one attached hydrogen (secondary N) is 1. The second-order valence-corrected chi connectivity index (χ2v) is 5.82. The van der Waals surface area contributed by atoms with E-state index in [9.17, 15) is 4.79 Å². The number of nitrogens with zero attached hydrogens (tertiary/aromatic N) is 1. The zero-order valence-corrected chi connectivity index (χ0v) is 11.6. The molecule has 3 rings (SSSR count). The van der Waals surface area contributed by atoms with Crippen molar-refractivity contribution in [2.45, 2.75) is 44.7 Å². The predicted octanol–water partition coefficient (Wildman–Crippen LogP) is 1.75. The summed E-state index contributed by atoms with van der Waals surface area (Å²) in [6.07, 6.45) is 4.49. The highest BCUT2D eigenvalue weighted by molar-refractivity contribution is 5.73. The molecule has 2 aliphatic rings. The molecule has 102 valence electrons. The normalized spacial score (nSPS) is 20.6. The van der Waals surface area contributed by atoms with Crippen LogP contribution < -0.4 is 5.32 Å². The molecule has 1 aliphatic heterocycles. The first-order chi connectivity index (χ1) is 9.22. The lowest BCUT2D eigenvalue weighted by Crippen LogP contribution is -2.47. The van der Waals surface area contributed by atoms with Crippen LogP contribution in [0, 0.1) is 0 Å². The SMILES string of the molecule is CC(=O)N1CCC(NC2Cc3ccccc3C2)CC1. The van der Waals surface area contributed by atoms with Gasteiger partial charge in [0.15, 0.2) is 0 Å². The van der Waals surface area contributed by atoms with Crippen LogP contribution in [-0.2, 0) is 17.6 Å². The fraction of sp³-hybridized carbons (Fsp3) is 0.562. The quantitative estimate of drug-likeness (QED) is 0.876. The number of hydrogen-bond acceptors (Lipinski definition) is 2. The zero-order valence-electron chi connectivity index (χ0n) is 11.6. The average Bonchev–Trinajstić information content (AvgIpc) is 2.81. The fourth-order valence-corrected chi connectivity index (χ4v) is 3.37. The molecule has 1 heterocycles. The van der Waals surface area contributed by atoms with Crippen LogP contribution in [0.1, 0.15) is 30.9 Å². The lowest BCUT2D eigenvalue weighted by atomic mass is 10.0. The van der Waals surface area contributed by atoms with Gasteiger partial charge in [-0.15, -0.1) is 0 Å². The van der Waals surface area contributed by atoms with E-state index in [2.05, 4.69) is 29.6 Å². The van der Waals surface area contributed by atoms with Gasteiger partial charge in [0.1, 0.15) is 0 Å². The molecule has 19 heavy (non-hydrogen) atoms. The highest BCUT2D eigenvalue weighted by atomic mass is 16.2. The topological polar surface area (TPSA) is 32.3 Å². The zero-order chi connectivity index (χ0) is 13.2. The highest BCUT2D eigenvalue weighted by Gasteiger charge is 2.26. The second kappa shape index (κ2) is 5.33. The Kier molecular flexibility index (Phi) is 3.56. The maximum atomic E-state index is 11.3. The van der Waals surface area contributed by atoms with Gasteiger partial charge in [-0.1, -0.05) is 24.3 Å². The molecule has 1 aromatic rings. The van der Waals surface area contributed by atoms with Crippen molar-refractivity contribution in [1.29, 1.82) is 0 Å². The van der Waals surface area contributed by atoms with Crippen molar-refractivity contribution in [2.75, 3.05) is 13.1 Å². The van der Waals surface area contributed by atoms with E-state index in [4.69, 9.17) is 0 Å². The smallest absolute Gasteiger partial charge is 0.219 e. The molecule has 1 saturated heterocycles. The highest BCUT2D eigenvalue weighted by Crippen LogP contribution is 2.23. The van der Waals surface area contributed by atoms with Gasteiger partial charge >= 0.3 is 0 Å². The Morgan fingerprint density at radius 2 is 1.68 bits per heavy atom. The molecule has 0 spiro atoms. The number of amides is 1. The minimum atomic E-state index is 0.215. The van der Waals surface area contributed by atoms with Crippen molar-refractivity contribution in [1.82, 2.24) is 10.2 Å². The van der Waals surface area contributed by atoms with Crippen LogP contribution in [0.2, 0.25) is 0 Å². The molecule has 1 amide bonds. The molecule has 1 aliphatic carbocycles. The van der Waals surface area contributed by atoms with Crippen LogP contribution in [0.25, 0.3) is 0 Å². The molecule has 0 bridgehead atoms. The van der Waals surface area contributed by atoms with Crippen molar-refractivity contribution in [3.05, 3.63) is 35.4 Å². The molecule has 3 heteroatoms.